The molecule has 3 aromatic rings. The first-order valence-electron chi connectivity index (χ1n) is 8.19. The van der Waals surface area contributed by atoms with E-state index in [1.807, 2.05) is 49.5 Å². The minimum absolute atomic E-state index is 0. The van der Waals surface area contributed by atoms with Gasteiger partial charge in [0.2, 0.25) is 0 Å². The maximum absolute atomic E-state index is 6.31. The first-order chi connectivity index (χ1) is 11.7. The van der Waals surface area contributed by atoms with Crippen LogP contribution in [0.1, 0.15) is 25.1 Å². The van der Waals surface area contributed by atoms with Gasteiger partial charge in [-0.2, -0.15) is 4.98 Å². The van der Waals surface area contributed by atoms with E-state index in [1.165, 1.54) is 0 Å². The standard InChI is InChI=1S/C19H20N4O.ClH/c1-23(14-8-3-2-4-9-14)16-11-6-5-10-15(16)17-21-18(22-24-17)19(20)12-7-13-19;/h2-6,8-11H,7,12-13,20H2,1H3;1H. The van der Waals surface area contributed by atoms with Crippen molar-refractivity contribution in [3.8, 4) is 11.5 Å². The van der Waals surface area contributed by atoms with Crippen LogP contribution in [0.2, 0.25) is 0 Å². The number of nitrogens with two attached hydrogens (primary N) is 1. The van der Waals surface area contributed by atoms with Crippen LogP contribution in [-0.4, -0.2) is 17.2 Å². The van der Waals surface area contributed by atoms with E-state index in [1.54, 1.807) is 0 Å². The molecule has 0 unspecified atom stereocenters. The Kier molecular flexibility index (Phi) is 4.79. The Morgan fingerprint density at radius 2 is 1.72 bits per heavy atom. The summed E-state index contributed by atoms with van der Waals surface area (Å²) in [5.41, 5.74) is 8.91. The van der Waals surface area contributed by atoms with Gasteiger partial charge < -0.3 is 15.2 Å². The second kappa shape index (κ2) is 6.86. The average molecular weight is 357 g/mol. The highest BCUT2D eigenvalue weighted by Crippen LogP contribution is 2.39. The number of para-hydroxylation sites is 2. The second-order valence-corrected chi connectivity index (χ2v) is 6.34. The van der Waals surface area contributed by atoms with Crippen molar-refractivity contribution in [1.82, 2.24) is 10.1 Å². The highest BCUT2D eigenvalue weighted by molar-refractivity contribution is 5.85. The molecule has 0 amide bonds. The third-order valence-corrected chi connectivity index (χ3v) is 4.76. The molecule has 1 fully saturated rings. The molecule has 2 N–H and O–H groups in total. The highest BCUT2D eigenvalue weighted by Gasteiger charge is 2.39. The van der Waals surface area contributed by atoms with Crippen LogP contribution in [-0.2, 0) is 5.54 Å². The van der Waals surface area contributed by atoms with E-state index in [4.69, 9.17) is 10.3 Å². The third-order valence-electron chi connectivity index (χ3n) is 4.76. The zero-order valence-corrected chi connectivity index (χ0v) is 14.9. The zero-order chi connectivity index (χ0) is 16.6. The summed E-state index contributed by atoms with van der Waals surface area (Å²) in [7, 11) is 2.03. The molecule has 1 heterocycles. The monoisotopic (exact) mass is 356 g/mol. The lowest BCUT2D eigenvalue weighted by molar-refractivity contribution is 0.229. The molecule has 0 aliphatic heterocycles. The number of rotatable bonds is 4. The molecule has 25 heavy (non-hydrogen) atoms. The Hall–Kier alpha value is -2.37. The second-order valence-electron chi connectivity index (χ2n) is 6.34. The van der Waals surface area contributed by atoms with E-state index in [-0.39, 0.29) is 12.4 Å². The molecule has 1 saturated carbocycles. The van der Waals surface area contributed by atoms with Crippen molar-refractivity contribution in [3.05, 3.63) is 60.4 Å². The van der Waals surface area contributed by atoms with Gasteiger partial charge in [0.15, 0.2) is 5.82 Å². The minimum atomic E-state index is -0.415. The predicted octanol–water partition coefficient (Wildman–Crippen LogP) is 4.26. The van der Waals surface area contributed by atoms with Gasteiger partial charge in [-0.1, -0.05) is 35.5 Å². The minimum Gasteiger partial charge on any atom is -0.344 e. The van der Waals surface area contributed by atoms with Gasteiger partial charge in [0.05, 0.1) is 16.8 Å². The van der Waals surface area contributed by atoms with Crippen molar-refractivity contribution in [2.75, 3.05) is 11.9 Å². The molecule has 4 rings (SSSR count). The lowest BCUT2D eigenvalue weighted by Gasteiger charge is -2.34. The van der Waals surface area contributed by atoms with Crippen molar-refractivity contribution in [1.29, 1.82) is 0 Å². The summed E-state index contributed by atoms with van der Waals surface area (Å²) in [5.74, 6) is 1.13. The SMILES string of the molecule is CN(c1ccccc1)c1ccccc1-c1nc(C2(N)CCC2)no1.Cl. The fourth-order valence-electron chi connectivity index (χ4n) is 3.05. The molecular weight excluding hydrogens is 336 g/mol. The molecule has 0 bridgehead atoms. The van der Waals surface area contributed by atoms with Gasteiger partial charge in [-0.3, -0.25) is 0 Å². The Labute approximate surface area is 153 Å². The van der Waals surface area contributed by atoms with Crippen LogP contribution in [0.5, 0.6) is 0 Å². The molecule has 130 valence electrons. The number of aromatic nitrogens is 2. The molecule has 6 heteroatoms. The van der Waals surface area contributed by atoms with Gasteiger partial charge >= 0.3 is 0 Å². The Morgan fingerprint density at radius 1 is 1.04 bits per heavy atom. The van der Waals surface area contributed by atoms with Crippen molar-refractivity contribution < 1.29 is 4.52 Å². The Morgan fingerprint density at radius 3 is 2.40 bits per heavy atom. The number of nitrogens with zero attached hydrogens (tertiary/aromatic N) is 3. The average Bonchev–Trinajstić information content (AvgIpc) is 3.10. The lowest BCUT2D eigenvalue weighted by atomic mass is 9.77. The lowest BCUT2D eigenvalue weighted by Crippen LogP contribution is -2.44. The number of benzene rings is 2. The fraction of sp³-hybridized carbons (Fsp3) is 0.263. The maximum Gasteiger partial charge on any atom is 0.260 e. The molecule has 5 nitrogen and oxygen atoms in total. The van der Waals surface area contributed by atoms with Gasteiger partial charge in [0.25, 0.3) is 5.89 Å². The van der Waals surface area contributed by atoms with Crippen LogP contribution in [0.4, 0.5) is 11.4 Å². The normalized spacial score (nSPS) is 15.1. The molecule has 0 radical (unpaired) electrons. The first-order valence-corrected chi connectivity index (χ1v) is 8.19. The molecule has 0 saturated heterocycles. The molecule has 0 spiro atoms. The van der Waals surface area contributed by atoms with Crippen LogP contribution in [0.15, 0.2) is 59.1 Å². The molecule has 1 aliphatic rings. The largest absolute Gasteiger partial charge is 0.344 e. The summed E-state index contributed by atoms with van der Waals surface area (Å²) in [6.07, 6.45) is 2.95. The van der Waals surface area contributed by atoms with Crippen LogP contribution < -0.4 is 10.6 Å². The molecule has 1 aromatic heterocycles. The van der Waals surface area contributed by atoms with E-state index >= 15 is 0 Å². The quantitative estimate of drug-likeness (QED) is 0.756. The van der Waals surface area contributed by atoms with E-state index in [9.17, 15) is 0 Å². The summed E-state index contributed by atoms with van der Waals surface area (Å²) >= 11 is 0. The number of hydrogen-bond acceptors (Lipinski definition) is 5. The number of hydrogen-bond donors (Lipinski definition) is 1. The topological polar surface area (TPSA) is 68.2 Å². The van der Waals surface area contributed by atoms with Gasteiger partial charge in [-0.05, 0) is 43.5 Å². The summed E-state index contributed by atoms with van der Waals surface area (Å²) in [4.78, 5) is 6.69. The third kappa shape index (κ3) is 3.13. The Bertz CT molecular complexity index is 845. The Balaban J connectivity index is 0.00000182. The first kappa shape index (κ1) is 17.5. The van der Waals surface area contributed by atoms with Crippen molar-refractivity contribution >= 4 is 23.8 Å². The van der Waals surface area contributed by atoms with Crippen LogP contribution in [0.3, 0.4) is 0 Å². The highest BCUT2D eigenvalue weighted by atomic mass is 35.5. The predicted molar refractivity (Wildman–Crippen MR) is 101 cm³/mol. The van der Waals surface area contributed by atoms with Crippen molar-refractivity contribution in [2.24, 2.45) is 5.73 Å². The van der Waals surface area contributed by atoms with Crippen LogP contribution >= 0.6 is 12.4 Å². The van der Waals surface area contributed by atoms with Gasteiger partial charge in [-0.15, -0.1) is 12.4 Å². The fourth-order valence-corrected chi connectivity index (χ4v) is 3.05. The summed E-state index contributed by atoms with van der Waals surface area (Å²) in [6, 6.07) is 18.2. The maximum atomic E-state index is 6.31. The molecule has 1 aliphatic carbocycles. The van der Waals surface area contributed by atoms with E-state index in [0.29, 0.717) is 11.7 Å². The van der Waals surface area contributed by atoms with E-state index in [0.717, 1.165) is 36.2 Å². The number of anilines is 2. The molecular formula is C19H21ClN4O. The molecule has 2 aromatic carbocycles. The summed E-state index contributed by atoms with van der Waals surface area (Å²) < 4.78 is 5.53. The summed E-state index contributed by atoms with van der Waals surface area (Å²) in [5, 5.41) is 4.13. The zero-order valence-electron chi connectivity index (χ0n) is 14.1. The summed E-state index contributed by atoms with van der Waals surface area (Å²) in [6.45, 7) is 0. The van der Waals surface area contributed by atoms with Crippen LogP contribution in [0.25, 0.3) is 11.5 Å². The smallest absolute Gasteiger partial charge is 0.260 e. The van der Waals surface area contributed by atoms with Gasteiger partial charge in [-0.25, -0.2) is 0 Å². The van der Waals surface area contributed by atoms with Gasteiger partial charge in [0.1, 0.15) is 0 Å². The van der Waals surface area contributed by atoms with Crippen molar-refractivity contribution in [2.45, 2.75) is 24.8 Å². The number of halogens is 1. The van der Waals surface area contributed by atoms with E-state index < -0.39 is 5.54 Å². The van der Waals surface area contributed by atoms with Crippen LogP contribution in [0, 0.1) is 0 Å². The van der Waals surface area contributed by atoms with Crippen molar-refractivity contribution in [3.63, 3.8) is 0 Å². The molecule has 0 atom stereocenters. The van der Waals surface area contributed by atoms with E-state index in [2.05, 4.69) is 27.2 Å². The van der Waals surface area contributed by atoms with Gasteiger partial charge in [0, 0.05) is 12.7 Å².